The molecule has 0 amide bonds. The molecule has 0 bridgehead atoms. The molecule has 0 aliphatic carbocycles. The van der Waals surface area contributed by atoms with Crippen molar-refractivity contribution in [2.75, 3.05) is 40.5 Å². The Bertz CT molecular complexity index is 1030. The minimum atomic E-state index is 0.648. The van der Waals surface area contributed by atoms with Crippen molar-refractivity contribution in [3.63, 3.8) is 0 Å². The monoisotopic (exact) mass is 413 g/mol. The minimum Gasteiger partial charge on any atom is -0.493 e. The highest BCUT2D eigenvalue weighted by atomic mass is 32.1. The fourth-order valence-corrected chi connectivity index (χ4v) is 3.81. The molecule has 1 fully saturated rings. The zero-order chi connectivity index (χ0) is 20.2. The van der Waals surface area contributed by atoms with Crippen molar-refractivity contribution < 1.29 is 19.1 Å². The summed E-state index contributed by atoms with van der Waals surface area (Å²) in [5.41, 5.74) is 1.89. The van der Waals surface area contributed by atoms with Crippen LogP contribution < -0.4 is 14.4 Å². The molecule has 0 radical (unpaired) electrons. The van der Waals surface area contributed by atoms with Crippen LogP contribution in [0, 0.1) is 4.77 Å². The van der Waals surface area contributed by atoms with Gasteiger partial charge >= 0.3 is 0 Å². The largest absolute Gasteiger partial charge is 0.493 e. The van der Waals surface area contributed by atoms with Crippen LogP contribution in [0.4, 0.5) is 0 Å². The van der Waals surface area contributed by atoms with Gasteiger partial charge in [0.1, 0.15) is 13.1 Å². The Morgan fingerprint density at radius 3 is 2.45 bits per heavy atom. The van der Waals surface area contributed by atoms with Gasteiger partial charge < -0.3 is 19.1 Å². The van der Waals surface area contributed by atoms with E-state index in [1.165, 1.54) is 4.90 Å². The Morgan fingerprint density at radius 2 is 1.76 bits per heavy atom. The van der Waals surface area contributed by atoms with E-state index in [1.807, 2.05) is 57.8 Å². The van der Waals surface area contributed by atoms with Gasteiger partial charge in [-0.25, -0.2) is 0 Å². The molecule has 0 spiro atoms. The third-order valence-corrected chi connectivity index (χ3v) is 5.46. The summed E-state index contributed by atoms with van der Waals surface area (Å²) in [6, 6.07) is 15.9. The van der Waals surface area contributed by atoms with Crippen LogP contribution in [0.1, 0.15) is 0 Å². The average molecular weight is 414 g/mol. The van der Waals surface area contributed by atoms with Gasteiger partial charge in [0.25, 0.3) is 0 Å². The van der Waals surface area contributed by atoms with Crippen LogP contribution in [0.5, 0.6) is 11.5 Å². The Kier molecular flexibility index (Phi) is 5.94. The molecule has 8 heteroatoms. The molecule has 152 valence electrons. The van der Waals surface area contributed by atoms with E-state index >= 15 is 0 Å². The van der Waals surface area contributed by atoms with E-state index < -0.39 is 0 Å². The van der Waals surface area contributed by atoms with Crippen LogP contribution in [-0.2, 0) is 11.4 Å². The molecule has 0 unspecified atom stereocenters. The lowest BCUT2D eigenvalue weighted by molar-refractivity contribution is -0.930. The Labute approximate surface area is 175 Å². The number of morpholine rings is 1. The van der Waals surface area contributed by atoms with Crippen molar-refractivity contribution in [3.8, 4) is 28.6 Å². The van der Waals surface area contributed by atoms with Crippen molar-refractivity contribution in [1.29, 1.82) is 0 Å². The van der Waals surface area contributed by atoms with Gasteiger partial charge in [0, 0.05) is 11.6 Å². The van der Waals surface area contributed by atoms with Crippen molar-refractivity contribution in [1.82, 2.24) is 14.3 Å². The summed E-state index contributed by atoms with van der Waals surface area (Å²) in [7, 11) is 3.26. The van der Waals surface area contributed by atoms with Crippen LogP contribution in [-0.4, -0.2) is 54.9 Å². The van der Waals surface area contributed by atoms with Gasteiger partial charge in [-0.3, -0.25) is 4.57 Å². The zero-order valence-electron chi connectivity index (χ0n) is 16.6. The lowest BCUT2D eigenvalue weighted by Crippen LogP contribution is -3.13. The number of hydrogen-bond acceptors (Lipinski definition) is 5. The maximum Gasteiger partial charge on any atom is 0.207 e. The highest BCUT2D eigenvalue weighted by molar-refractivity contribution is 7.71. The number of methoxy groups -OCH3 is 2. The first-order valence-electron chi connectivity index (χ1n) is 9.60. The second-order valence-corrected chi connectivity index (χ2v) is 7.23. The third-order valence-electron chi connectivity index (χ3n) is 5.07. The second kappa shape index (κ2) is 8.77. The maximum absolute atomic E-state index is 5.85. The van der Waals surface area contributed by atoms with Crippen LogP contribution >= 0.6 is 12.2 Å². The zero-order valence-corrected chi connectivity index (χ0v) is 17.4. The Balaban J connectivity index is 1.82. The summed E-state index contributed by atoms with van der Waals surface area (Å²) < 4.78 is 20.9. The third kappa shape index (κ3) is 4.05. The molecule has 1 aromatic heterocycles. The van der Waals surface area contributed by atoms with E-state index in [0.29, 0.717) is 22.9 Å². The molecule has 1 saturated heterocycles. The molecule has 4 rings (SSSR count). The van der Waals surface area contributed by atoms with Gasteiger partial charge in [-0.15, -0.1) is 5.10 Å². The van der Waals surface area contributed by atoms with E-state index in [1.54, 1.807) is 14.2 Å². The summed E-state index contributed by atoms with van der Waals surface area (Å²) >= 11 is 5.85. The van der Waals surface area contributed by atoms with Gasteiger partial charge in [0.15, 0.2) is 24.0 Å². The molecule has 1 aliphatic heterocycles. The van der Waals surface area contributed by atoms with Gasteiger partial charge in [-0.1, -0.05) is 30.3 Å². The SMILES string of the molecule is COc1ccc(-n2c(-c3ccccc3)nn(C[NH+]3CCOCC3)c2=S)cc1OC. The standard InChI is InChI=1S/C21H24N4O3S/c1-26-18-9-8-17(14-19(18)27-2)25-20(16-6-4-3-5-7-16)22-24(21(25)29)15-23-10-12-28-13-11-23/h3-9,14H,10-13,15H2,1-2H3/p+1. The summed E-state index contributed by atoms with van der Waals surface area (Å²) in [5, 5.41) is 4.89. The van der Waals surface area contributed by atoms with Crippen molar-refractivity contribution in [2.45, 2.75) is 6.67 Å². The first kappa shape index (κ1) is 19.6. The highest BCUT2D eigenvalue weighted by Crippen LogP contribution is 2.31. The van der Waals surface area contributed by atoms with Crippen LogP contribution in [0.3, 0.4) is 0 Å². The second-order valence-electron chi connectivity index (χ2n) is 6.87. The first-order valence-corrected chi connectivity index (χ1v) is 10.0. The van der Waals surface area contributed by atoms with Crippen LogP contribution in [0.2, 0.25) is 0 Å². The number of benzene rings is 2. The number of ether oxygens (including phenoxy) is 3. The average Bonchev–Trinajstić information content (AvgIpc) is 3.10. The normalized spacial score (nSPS) is 14.7. The van der Waals surface area contributed by atoms with Gasteiger partial charge in [-0.2, -0.15) is 4.68 Å². The first-order chi connectivity index (χ1) is 14.2. The molecule has 2 aromatic carbocycles. The summed E-state index contributed by atoms with van der Waals surface area (Å²) in [6.07, 6.45) is 0. The molecular weight excluding hydrogens is 388 g/mol. The van der Waals surface area contributed by atoms with Crippen molar-refractivity contribution >= 4 is 12.2 Å². The van der Waals surface area contributed by atoms with E-state index in [9.17, 15) is 0 Å². The summed E-state index contributed by atoms with van der Waals surface area (Å²) in [5.74, 6) is 2.13. The number of quaternary nitrogens is 1. The van der Waals surface area contributed by atoms with Crippen molar-refractivity contribution in [3.05, 3.63) is 53.3 Å². The van der Waals surface area contributed by atoms with Crippen LogP contribution in [0.25, 0.3) is 17.1 Å². The summed E-state index contributed by atoms with van der Waals surface area (Å²) in [4.78, 5) is 1.41. The fourth-order valence-electron chi connectivity index (χ4n) is 3.51. The molecule has 2 heterocycles. The van der Waals surface area contributed by atoms with Gasteiger partial charge in [0.05, 0.1) is 33.1 Å². The number of rotatable bonds is 6. The molecule has 0 saturated carbocycles. The predicted molar refractivity (Wildman–Crippen MR) is 112 cm³/mol. The lowest BCUT2D eigenvalue weighted by Gasteiger charge is -2.23. The minimum absolute atomic E-state index is 0.648. The number of nitrogens with zero attached hydrogens (tertiary/aromatic N) is 3. The molecule has 1 aliphatic rings. The molecule has 7 nitrogen and oxygen atoms in total. The number of nitrogens with one attached hydrogen (secondary N) is 1. The fraction of sp³-hybridized carbons (Fsp3) is 0.333. The Hall–Kier alpha value is -2.68. The van der Waals surface area contributed by atoms with Gasteiger partial charge in [0.2, 0.25) is 4.77 Å². The molecule has 3 aromatic rings. The predicted octanol–water partition coefficient (Wildman–Crippen LogP) is 1.96. The highest BCUT2D eigenvalue weighted by Gasteiger charge is 2.20. The molecule has 0 atom stereocenters. The number of aromatic nitrogens is 3. The topological polar surface area (TPSA) is 54.9 Å². The molecule has 1 N–H and O–H groups in total. The summed E-state index contributed by atoms with van der Waals surface area (Å²) in [6.45, 7) is 4.15. The van der Waals surface area contributed by atoms with Crippen molar-refractivity contribution in [2.24, 2.45) is 0 Å². The quantitative estimate of drug-likeness (QED) is 0.626. The molecular formula is C21H25N4O3S+. The van der Waals surface area contributed by atoms with Gasteiger partial charge in [-0.05, 0) is 24.4 Å². The lowest BCUT2D eigenvalue weighted by atomic mass is 10.2. The van der Waals surface area contributed by atoms with E-state index in [2.05, 4.69) is 0 Å². The smallest absolute Gasteiger partial charge is 0.207 e. The maximum atomic E-state index is 5.85. The van der Waals surface area contributed by atoms with E-state index in [-0.39, 0.29) is 0 Å². The van der Waals surface area contributed by atoms with E-state index in [0.717, 1.165) is 43.4 Å². The Morgan fingerprint density at radius 1 is 1.03 bits per heavy atom. The molecule has 29 heavy (non-hydrogen) atoms. The van der Waals surface area contributed by atoms with Crippen LogP contribution in [0.15, 0.2) is 48.5 Å². The number of hydrogen-bond donors (Lipinski definition) is 1. The van der Waals surface area contributed by atoms with E-state index in [4.69, 9.17) is 31.5 Å².